The van der Waals surface area contributed by atoms with Gasteiger partial charge in [-0.25, -0.2) is 4.39 Å². The van der Waals surface area contributed by atoms with Gasteiger partial charge in [-0.1, -0.05) is 15.9 Å². The van der Waals surface area contributed by atoms with Crippen molar-refractivity contribution in [1.29, 1.82) is 0 Å². The van der Waals surface area contributed by atoms with Crippen molar-refractivity contribution in [1.82, 2.24) is 0 Å². The summed E-state index contributed by atoms with van der Waals surface area (Å²) >= 11 is 3.29. The van der Waals surface area contributed by atoms with Crippen LogP contribution in [0.2, 0.25) is 0 Å². The zero-order chi connectivity index (χ0) is 12.5. The standard InChI is InChI=1S/C12H16BrFO3/c1-15-4-5-16-6-7-17-12-3-2-11(14)8-10(12)9-13/h2-3,8H,4-7,9H2,1H3. The largest absolute Gasteiger partial charge is 0.491 e. The third kappa shape index (κ3) is 5.48. The molecule has 0 aromatic heterocycles. The molecule has 0 saturated carbocycles. The van der Waals surface area contributed by atoms with Gasteiger partial charge in [-0.3, -0.25) is 0 Å². The first-order valence-electron chi connectivity index (χ1n) is 5.31. The summed E-state index contributed by atoms with van der Waals surface area (Å²) < 4.78 is 28.5. The number of halogens is 2. The van der Waals surface area contributed by atoms with Crippen molar-refractivity contribution in [2.24, 2.45) is 0 Å². The van der Waals surface area contributed by atoms with Crippen molar-refractivity contribution in [3.63, 3.8) is 0 Å². The normalized spacial score (nSPS) is 10.5. The first kappa shape index (κ1) is 14.4. The average molecular weight is 307 g/mol. The highest BCUT2D eigenvalue weighted by Gasteiger charge is 2.04. The molecule has 0 atom stereocenters. The Morgan fingerprint density at radius 2 is 1.94 bits per heavy atom. The van der Waals surface area contributed by atoms with E-state index in [-0.39, 0.29) is 5.82 Å². The summed E-state index contributed by atoms with van der Waals surface area (Å²) in [5.74, 6) is 0.418. The van der Waals surface area contributed by atoms with Gasteiger partial charge in [0, 0.05) is 18.0 Å². The van der Waals surface area contributed by atoms with Gasteiger partial charge >= 0.3 is 0 Å². The van der Waals surface area contributed by atoms with Crippen LogP contribution >= 0.6 is 15.9 Å². The number of ether oxygens (including phenoxy) is 3. The lowest BCUT2D eigenvalue weighted by molar-refractivity contribution is 0.0543. The molecule has 0 bridgehead atoms. The van der Waals surface area contributed by atoms with E-state index in [1.54, 1.807) is 13.2 Å². The topological polar surface area (TPSA) is 27.7 Å². The predicted molar refractivity (Wildman–Crippen MR) is 67.2 cm³/mol. The fraction of sp³-hybridized carbons (Fsp3) is 0.500. The Bertz CT molecular complexity index is 334. The molecule has 0 saturated heterocycles. The van der Waals surface area contributed by atoms with Gasteiger partial charge in [0.1, 0.15) is 18.2 Å². The maximum atomic E-state index is 12.9. The summed E-state index contributed by atoms with van der Waals surface area (Å²) in [5.41, 5.74) is 0.793. The average Bonchev–Trinajstić information content (AvgIpc) is 2.35. The van der Waals surface area contributed by atoms with Crippen LogP contribution in [0, 0.1) is 5.82 Å². The molecule has 17 heavy (non-hydrogen) atoms. The number of hydrogen-bond donors (Lipinski definition) is 0. The SMILES string of the molecule is COCCOCCOc1ccc(F)cc1CBr. The second kappa shape index (κ2) is 8.44. The maximum Gasteiger partial charge on any atom is 0.123 e. The van der Waals surface area contributed by atoms with Gasteiger partial charge in [0.05, 0.1) is 19.8 Å². The van der Waals surface area contributed by atoms with E-state index in [4.69, 9.17) is 14.2 Å². The van der Waals surface area contributed by atoms with E-state index in [9.17, 15) is 4.39 Å². The highest BCUT2D eigenvalue weighted by atomic mass is 79.9. The van der Waals surface area contributed by atoms with Crippen LogP contribution in [-0.2, 0) is 14.8 Å². The van der Waals surface area contributed by atoms with E-state index < -0.39 is 0 Å². The lowest BCUT2D eigenvalue weighted by Crippen LogP contribution is -2.10. The molecular formula is C12H16BrFO3. The molecule has 0 N–H and O–H groups in total. The zero-order valence-corrected chi connectivity index (χ0v) is 11.3. The molecule has 0 spiro atoms. The smallest absolute Gasteiger partial charge is 0.123 e. The Kier molecular flexibility index (Phi) is 7.16. The third-order valence-electron chi connectivity index (χ3n) is 2.08. The van der Waals surface area contributed by atoms with E-state index >= 15 is 0 Å². The number of hydrogen-bond acceptors (Lipinski definition) is 3. The van der Waals surface area contributed by atoms with Gasteiger partial charge in [0.2, 0.25) is 0 Å². The Labute approximate surface area is 109 Å². The summed E-state index contributed by atoms with van der Waals surface area (Å²) in [4.78, 5) is 0. The molecule has 1 rings (SSSR count). The van der Waals surface area contributed by atoms with Gasteiger partial charge in [0.25, 0.3) is 0 Å². The van der Waals surface area contributed by atoms with Crippen LogP contribution in [0.5, 0.6) is 5.75 Å². The van der Waals surface area contributed by atoms with Crippen molar-refractivity contribution < 1.29 is 18.6 Å². The summed E-state index contributed by atoms with van der Waals surface area (Å²) in [5, 5.41) is 0.560. The van der Waals surface area contributed by atoms with Gasteiger partial charge < -0.3 is 14.2 Å². The minimum atomic E-state index is -0.261. The second-order valence-corrected chi connectivity index (χ2v) is 3.90. The van der Waals surface area contributed by atoms with Crippen LogP contribution in [0.1, 0.15) is 5.56 Å². The fourth-order valence-corrected chi connectivity index (χ4v) is 1.69. The summed E-state index contributed by atoms with van der Waals surface area (Å²) in [6.45, 7) is 2.05. The van der Waals surface area contributed by atoms with Crippen molar-refractivity contribution in [2.75, 3.05) is 33.5 Å². The summed E-state index contributed by atoms with van der Waals surface area (Å²) in [7, 11) is 1.63. The van der Waals surface area contributed by atoms with Crippen LogP contribution in [0.3, 0.4) is 0 Å². The molecular weight excluding hydrogens is 291 g/mol. The van der Waals surface area contributed by atoms with Crippen LogP contribution in [0.4, 0.5) is 4.39 Å². The van der Waals surface area contributed by atoms with E-state index in [0.29, 0.717) is 37.5 Å². The molecule has 0 aliphatic heterocycles. The van der Waals surface area contributed by atoms with E-state index in [1.807, 2.05) is 0 Å². The molecule has 0 aliphatic rings. The lowest BCUT2D eigenvalue weighted by atomic mass is 10.2. The molecule has 0 fully saturated rings. The number of rotatable bonds is 8. The number of alkyl halides is 1. The Morgan fingerprint density at radius 3 is 2.65 bits per heavy atom. The molecule has 96 valence electrons. The molecule has 3 nitrogen and oxygen atoms in total. The van der Waals surface area contributed by atoms with Crippen LogP contribution in [0.25, 0.3) is 0 Å². The first-order valence-corrected chi connectivity index (χ1v) is 6.44. The molecule has 5 heteroatoms. The molecule has 0 unspecified atom stereocenters. The van der Waals surface area contributed by atoms with Crippen molar-refractivity contribution in [2.45, 2.75) is 5.33 Å². The monoisotopic (exact) mass is 306 g/mol. The highest BCUT2D eigenvalue weighted by molar-refractivity contribution is 9.08. The zero-order valence-electron chi connectivity index (χ0n) is 9.75. The number of methoxy groups -OCH3 is 1. The predicted octanol–water partition coefficient (Wildman–Crippen LogP) is 2.76. The molecule has 1 aromatic carbocycles. The first-order chi connectivity index (χ1) is 8.27. The van der Waals surface area contributed by atoms with E-state index in [0.717, 1.165) is 5.56 Å². The lowest BCUT2D eigenvalue weighted by Gasteiger charge is -2.10. The summed E-state index contributed by atoms with van der Waals surface area (Å²) in [6, 6.07) is 4.46. The highest BCUT2D eigenvalue weighted by Crippen LogP contribution is 2.21. The van der Waals surface area contributed by atoms with Crippen LogP contribution in [-0.4, -0.2) is 33.5 Å². The van der Waals surface area contributed by atoms with Crippen molar-refractivity contribution in [3.05, 3.63) is 29.6 Å². The molecule has 0 heterocycles. The second-order valence-electron chi connectivity index (χ2n) is 3.34. The Balaban J connectivity index is 2.31. The molecule has 0 aliphatic carbocycles. The Hall–Kier alpha value is -0.650. The van der Waals surface area contributed by atoms with Gasteiger partial charge in [-0.05, 0) is 18.2 Å². The minimum absolute atomic E-state index is 0.261. The number of benzene rings is 1. The van der Waals surface area contributed by atoms with Crippen LogP contribution < -0.4 is 4.74 Å². The maximum absolute atomic E-state index is 12.9. The molecule has 1 aromatic rings. The van der Waals surface area contributed by atoms with Gasteiger partial charge in [-0.15, -0.1) is 0 Å². The Morgan fingerprint density at radius 1 is 1.18 bits per heavy atom. The summed E-state index contributed by atoms with van der Waals surface area (Å²) in [6.07, 6.45) is 0. The quantitative estimate of drug-likeness (QED) is 0.546. The molecule has 0 amide bonds. The van der Waals surface area contributed by atoms with Crippen LogP contribution in [0.15, 0.2) is 18.2 Å². The van der Waals surface area contributed by atoms with Crippen molar-refractivity contribution in [3.8, 4) is 5.75 Å². The van der Waals surface area contributed by atoms with Gasteiger partial charge in [0.15, 0.2) is 0 Å². The van der Waals surface area contributed by atoms with Crippen molar-refractivity contribution >= 4 is 15.9 Å². The van der Waals surface area contributed by atoms with Gasteiger partial charge in [-0.2, -0.15) is 0 Å². The molecule has 0 radical (unpaired) electrons. The van der Waals surface area contributed by atoms with E-state index in [1.165, 1.54) is 12.1 Å². The minimum Gasteiger partial charge on any atom is -0.491 e. The van der Waals surface area contributed by atoms with E-state index in [2.05, 4.69) is 15.9 Å². The third-order valence-corrected chi connectivity index (χ3v) is 2.69. The fourth-order valence-electron chi connectivity index (χ4n) is 1.25.